The van der Waals surface area contributed by atoms with Gasteiger partial charge in [-0.1, -0.05) is 23.7 Å². The number of nitrogens with one attached hydrogen (secondary N) is 2. The Morgan fingerprint density at radius 1 is 1.19 bits per heavy atom. The molecule has 0 unspecified atom stereocenters. The van der Waals surface area contributed by atoms with E-state index in [0.29, 0.717) is 38.6 Å². The molecule has 8 heteroatoms. The number of hydrogen-bond acceptors (Lipinski definition) is 4. The summed E-state index contributed by atoms with van der Waals surface area (Å²) >= 11 is 6.14. The van der Waals surface area contributed by atoms with Crippen LogP contribution in [0, 0.1) is 0 Å². The Morgan fingerprint density at radius 2 is 1.85 bits per heavy atom. The van der Waals surface area contributed by atoms with Crippen molar-refractivity contribution in [1.82, 2.24) is 10.6 Å². The van der Waals surface area contributed by atoms with E-state index in [1.54, 1.807) is 7.05 Å². The second kappa shape index (κ2) is 7.97. The van der Waals surface area contributed by atoms with Crippen LogP contribution in [-0.2, 0) is 20.0 Å². The van der Waals surface area contributed by atoms with Crippen molar-refractivity contribution in [1.29, 1.82) is 0 Å². The molecule has 0 aromatic heterocycles. The monoisotopic (exact) mass is 413 g/mol. The van der Waals surface area contributed by atoms with Gasteiger partial charge in [-0.2, -0.15) is 0 Å². The lowest BCUT2D eigenvalue weighted by Crippen LogP contribution is -2.54. The number of benzene rings is 1. The molecule has 1 aromatic rings. The van der Waals surface area contributed by atoms with E-state index >= 15 is 0 Å². The summed E-state index contributed by atoms with van der Waals surface area (Å²) in [4.78, 5) is 4.27. The molecule has 0 amide bonds. The summed E-state index contributed by atoms with van der Waals surface area (Å²) in [5, 5.41) is 7.34. The summed E-state index contributed by atoms with van der Waals surface area (Å²) in [5.41, 5.74) is 1.31. The largest absolute Gasteiger partial charge is 0.381 e. The molecule has 2 aliphatic rings. The molecule has 0 atom stereocenters. The molecule has 1 saturated heterocycles. The Kier molecular flexibility index (Phi) is 6.03. The summed E-state index contributed by atoms with van der Waals surface area (Å²) in [5.74, 6) is 0.623. The van der Waals surface area contributed by atoms with Crippen LogP contribution >= 0.6 is 11.6 Å². The van der Waals surface area contributed by atoms with Gasteiger partial charge < -0.3 is 15.4 Å². The number of guanidine groups is 1. The second-order valence-electron chi connectivity index (χ2n) is 7.64. The van der Waals surface area contributed by atoms with E-state index in [1.165, 1.54) is 11.8 Å². The van der Waals surface area contributed by atoms with E-state index in [2.05, 4.69) is 21.7 Å². The molecule has 1 saturated carbocycles. The highest BCUT2D eigenvalue weighted by Gasteiger charge is 2.45. The minimum atomic E-state index is -3.21. The van der Waals surface area contributed by atoms with Gasteiger partial charge in [-0.15, -0.1) is 0 Å². The van der Waals surface area contributed by atoms with Crippen molar-refractivity contribution in [3.63, 3.8) is 0 Å². The maximum absolute atomic E-state index is 12.4. The third-order valence-corrected chi connectivity index (χ3v) is 8.24. The highest BCUT2D eigenvalue weighted by atomic mass is 35.5. The van der Waals surface area contributed by atoms with E-state index in [9.17, 15) is 8.42 Å². The van der Waals surface area contributed by atoms with Gasteiger partial charge in [-0.3, -0.25) is 4.99 Å². The topological polar surface area (TPSA) is 79.8 Å². The van der Waals surface area contributed by atoms with E-state index in [0.717, 1.165) is 24.4 Å². The summed E-state index contributed by atoms with van der Waals surface area (Å²) in [6, 6.07) is 7.99. The van der Waals surface area contributed by atoms with Gasteiger partial charge in [0.25, 0.3) is 0 Å². The Morgan fingerprint density at radius 3 is 2.41 bits per heavy atom. The van der Waals surface area contributed by atoms with E-state index in [-0.39, 0.29) is 5.41 Å². The zero-order valence-corrected chi connectivity index (χ0v) is 17.5. The molecule has 2 N–H and O–H groups in total. The average molecular weight is 414 g/mol. The standard InChI is InChI=1S/C19H28ClN3O3S/c1-21-17(23-14-19(27(2,24)25)8-10-26-11-9-19)22-13-18(6-7-18)15-4-3-5-16(20)12-15/h3-5,12H,6-11,13-14H2,1-2H3,(H2,21,22,23). The molecular weight excluding hydrogens is 386 g/mol. The molecule has 27 heavy (non-hydrogen) atoms. The predicted octanol–water partition coefficient (Wildman–Crippen LogP) is 2.13. The maximum atomic E-state index is 12.4. The number of hydrogen-bond donors (Lipinski definition) is 2. The first-order valence-electron chi connectivity index (χ1n) is 9.28. The molecule has 3 rings (SSSR count). The fourth-order valence-corrected chi connectivity index (χ4v) is 5.11. The molecular formula is C19H28ClN3O3S. The SMILES string of the molecule is CN=C(NCC1(c2cccc(Cl)c2)CC1)NCC1(S(C)(=O)=O)CCOCC1. The minimum absolute atomic E-state index is 0.0791. The third-order valence-electron chi connectivity index (χ3n) is 5.88. The molecule has 1 aromatic carbocycles. The van der Waals surface area contributed by atoms with Gasteiger partial charge >= 0.3 is 0 Å². The van der Waals surface area contributed by atoms with Crippen LogP contribution in [0.15, 0.2) is 29.3 Å². The van der Waals surface area contributed by atoms with Crippen molar-refractivity contribution in [3.05, 3.63) is 34.9 Å². The fourth-order valence-electron chi connectivity index (χ4n) is 3.68. The zero-order chi connectivity index (χ0) is 19.5. The first kappa shape index (κ1) is 20.4. The Hall–Kier alpha value is -1.31. The quantitative estimate of drug-likeness (QED) is 0.551. The van der Waals surface area contributed by atoms with Gasteiger partial charge in [0.1, 0.15) is 0 Å². The molecule has 150 valence electrons. The van der Waals surface area contributed by atoms with Crippen molar-refractivity contribution in [2.24, 2.45) is 4.99 Å². The lowest BCUT2D eigenvalue weighted by atomic mass is 9.96. The zero-order valence-electron chi connectivity index (χ0n) is 15.9. The van der Waals surface area contributed by atoms with Crippen molar-refractivity contribution in [3.8, 4) is 0 Å². The first-order chi connectivity index (χ1) is 12.8. The summed E-state index contributed by atoms with van der Waals surface area (Å²) in [7, 11) is -1.51. The van der Waals surface area contributed by atoms with E-state index in [1.807, 2.05) is 18.2 Å². The smallest absolute Gasteiger partial charge is 0.191 e. The number of aliphatic imine (C=N–C) groups is 1. The molecule has 1 heterocycles. The highest BCUT2D eigenvalue weighted by molar-refractivity contribution is 7.92. The van der Waals surface area contributed by atoms with Gasteiger partial charge in [0.05, 0.1) is 4.75 Å². The second-order valence-corrected chi connectivity index (χ2v) is 10.5. The fraction of sp³-hybridized carbons (Fsp3) is 0.632. The Bertz CT molecular complexity index is 800. The van der Waals surface area contributed by atoms with Crippen LogP contribution in [0.1, 0.15) is 31.2 Å². The highest BCUT2D eigenvalue weighted by Crippen LogP contribution is 2.48. The van der Waals surface area contributed by atoms with Gasteiger partial charge in [0, 0.05) is 50.0 Å². The normalized spacial score (nSPS) is 21.5. The Labute approximate surface area is 166 Å². The van der Waals surface area contributed by atoms with Crippen molar-refractivity contribution in [2.75, 3.05) is 39.6 Å². The molecule has 6 nitrogen and oxygen atoms in total. The molecule has 1 aliphatic heterocycles. The van der Waals surface area contributed by atoms with E-state index < -0.39 is 14.6 Å². The summed E-state index contributed by atoms with van der Waals surface area (Å²) in [6.45, 7) is 2.01. The van der Waals surface area contributed by atoms with Crippen LogP contribution in [0.2, 0.25) is 5.02 Å². The number of nitrogens with zero attached hydrogens (tertiary/aromatic N) is 1. The molecule has 2 fully saturated rings. The summed E-state index contributed by atoms with van der Waals surface area (Å²) in [6.07, 6.45) is 4.52. The minimum Gasteiger partial charge on any atom is -0.381 e. The van der Waals surface area contributed by atoms with Crippen LogP contribution in [-0.4, -0.2) is 58.7 Å². The van der Waals surface area contributed by atoms with Gasteiger partial charge in [-0.25, -0.2) is 8.42 Å². The Balaban J connectivity index is 1.61. The lowest BCUT2D eigenvalue weighted by molar-refractivity contribution is 0.0756. The number of rotatable bonds is 6. The van der Waals surface area contributed by atoms with Gasteiger partial charge in [0.2, 0.25) is 0 Å². The van der Waals surface area contributed by atoms with Crippen LogP contribution in [0.25, 0.3) is 0 Å². The summed E-state index contributed by atoms with van der Waals surface area (Å²) < 4.78 is 29.3. The van der Waals surface area contributed by atoms with Crippen LogP contribution in [0.3, 0.4) is 0 Å². The van der Waals surface area contributed by atoms with E-state index in [4.69, 9.17) is 16.3 Å². The van der Waals surface area contributed by atoms with Crippen LogP contribution < -0.4 is 10.6 Å². The first-order valence-corrected chi connectivity index (χ1v) is 11.6. The maximum Gasteiger partial charge on any atom is 0.191 e. The molecule has 0 bridgehead atoms. The van der Waals surface area contributed by atoms with Crippen LogP contribution in [0.4, 0.5) is 0 Å². The van der Waals surface area contributed by atoms with Crippen molar-refractivity contribution >= 4 is 27.4 Å². The molecule has 0 spiro atoms. The van der Waals surface area contributed by atoms with Gasteiger partial charge in [0.15, 0.2) is 15.8 Å². The molecule has 0 radical (unpaired) electrons. The average Bonchev–Trinajstić information content (AvgIpc) is 3.43. The van der Waals surface area contributed by atoms with Crippen LogP contribution in [0.5, 0.6) is 0 Å². The lowest BCUT2D eigenvalue weighted by Gasteiger charge is -2.36. The number of sulfone groups is 1. The van der Waals surface area contributed by atoms with Crippen molar-refractivity contribution < 1.29 is 13.2 Å². The molecule has 1 aliphatic carbocycles. The third kappa shape index (κ3) is 4.58. The van der Waals surface area contributed by atoms with Crippen molar-refractivity contribution in [2.45, 2.75) is 35.8 Å². The number of halogens is 1. The predicted molar refractivity (Wildman–Crippen MR) is 109 cm³/mol. The number of ether oxygens (including phenoxy) is 1. The van der Waals surface area contributed by atoms with Gasteiger partial charge in [-0.05, 0) is 43.4 Å².